The number of aryl methyl sites for hydroxylation is 1. The molecule has 7 heteroatoms. The van der Waals surface area contributed by atoms with Gasteiger partial charge in [0.1, 0.15) is 11.9 Å². The van der Waals surface area contributed by atoms with Gasteiger partial charge in [0.25, 0.3) is 5.91 Å². The highest BCUT2D eigenvalue weighted by molar-refractivity contribution is 6.32. The standard InChI is InChI=1S/C24H32ClN3O3/c1-17-4-6-20(27-16-17)14-18(2)28-11-8-21(9-12-28)31-23-7-5-19(15-22(23)25)24(29)26-10-13-30-3/h4-7,15-16,18,21H,8-14H2,1-3H3,(H,26,29). The predicted octanol–water partition coefficient (Wildman–Crippen LogP) is 3.89. The number of carbonyl (C=O) groups excluding carboxylic acids is 1. The molecule has 2 aromatic rings. The Morgan fingerprint density at radius 1 is 1.29 bits per heavy atom. The fraction of sp³-hybridized carbons (Fsp3) is 0.500. The molecule has 2 heterocycles. The number of hydrogen-bond donors (Lipinski definition) is 1. The molecule has 1 aromatic carbocycles. The van der Waals surface area contributed by atoms with Gasteiger partial charge >= 0.3 is 0 Å². The van der Waals surface area contributed by atoms with E-state index >= 15 is 0 Å². The Morgan fingerprint density at radius 2 is 2.06 bits per heavy atom. The molecule has 1 aliphatic rings. The van der Waals surface area contributed by atoms with Crippen LogP contribution in [0.2, 0.25) is 5.02 Å². The highest BCUT2D eigenvalue weighted by Crippen LogP contribution is 2.29. The molecule has 31 heavy (non-hydrogen) atoms. The van der Waals surface area contributed by atoms with E-state index in [1.807, 2.05) is 6.20 Å². The van der Waals surface area contributed by atoms with E-state index in [-0.39, 0.29) is 12.0 Å². The largest absolute Gasteiger partial charge is 0.489 e. The molecule has 0 spiro atoms. The van der Waals surface area contributed by atoms with Crippen LogP contribution in [0.3, 0.4) is 0 Å². The Bertz CT molecular complexity index is 852. The zero-order valence-electron chi connectivity index (χ0n) is 18.6. The quantitative estimate of drug-likeness (QED) is 0.593. The second-order valence-corrected chi connectivity index (χ2v) is 8.53. The summed E-state index contributed by atoms with van der Waals surface area (Å²) >= 11 is 6.39. The van der Waals surface area contributed by atoms with Gasteiger partial charge < -0.3 is 14.8 Å². The van der Waals surface area contributed by atoms with Crippen LogP contribution in [-0.2, 0) is 11.2 Å². The number of ether oxygens (including phenoxy) is 2. The van der Waals surface area contributed by atoms with E-state index in [0.29, 0.717) is 35.5 Å². The van der Waals surface area contributed by atoms with Gasteiger partial charge in [-0.25, -0.2) is 0 Å². The van der Waals surface area contributed by atoms with Gasteiger partial charge in [-0.15, -0.1) is 0 Å². The van der Waals surface area contributed by atoms with Gasteiger partial charge in [0.2, 0.25) is 0 Å². The van der Waals surface area contributed by atoms with E-state index in [1.165, 1.54) is 5.56 Å². The zero-order chi connectivity index (χ0) is 22.2. The lowest BCUT2D eigenvalue weighted by Crippen LogP contribution is -2.43. The summed E-state index contributed by atoms with van der Waals surface area (Å²) in [6.45, 7) is 7.21. The zero-order valence-corrected chi connectivity index (χ0v) is 19.3. The van der Waals surface area contributed by atoms with Gasteiger partial charge in [0.15, 0.2) is 0 Å². The second kappa shape index (κ2) is 11.5. The lowest BCUT2D eigenvalue weighted by atomic mass is 10.0. The maximum Gasteiger partial charge on any atom is 0.251 e. The summed E-state index contributed by atoms with van der Waals surface area (Å²) < 4.78 is 11.1. The van der Waals surface area contributed by atoms with Crippen LogP contribution in [0.1, 0.15) is 41.4 Å². The van der Waals surface area contributed by atoms with Crippen molar-refractivity contribution in [1.29, 1.82) is 0 Å². The van der Waals surface area contributed by atoms with E-state index in [0.717, 1.165) is 38.0 Å². The number of rotatable bonds is 9. The number of likely N-dealkylation sites (tertiary alicyclic amines) is 1. The molecule has 168 valence electrons. The molecule has 1 N–H and O–H groups in total. The van der Waals surface area contributed by atoms with Gasteiger partial charge in [-0.05, 0) is 56.5 Å². The van der Waals surface area contributed by atoms with Crippen molar-refractivity contribution in [3.05, 3.63) is 58.4 Å². The van der Waals surface area contributed by atoms with Crippen LogP contribution in [0.25, 0.3) is 0 Å². The summed E-state index contributed by atoms with van der Waals surface area (Å²) in [5.74, 6) is 0.460. The Balaban J connectivity index is 1.47. The first kappa shape index (κ1) is 23.5. The van der Waals surface area contributed by atoms with Crippen molar-refractivity contribution < 1.29 is 14.3 Å². The fourth-order valence-corrected chi connectivity index (χ4v) is 4.00. The number of pyridine rings is 1. The van der Waals surface area contributed by atoms with Crippen LogP contribution in [0, 0.1) is 6.92 Å². The van der Waals surface area contributed by atoms with Crippen molar-refractivity contribution in [1.82, 2.24) is 15.2 Å². The molecule has 1 aromatic heterocycles. The molecule has 6 nitrogen and oxygen atoms in total. The molecule has 0 bridgehead atoms. The summed E-state index contributed by atoms with van der Waals surface area (Å²) in [5, 5.41) is 3.25. The molecule has 1 atom stereocenters. The third-order valence-corrected chi connectivity index (χ3v) is 5.95. The second-order valence-electron chi connectivity index (χ2n) is 8.13. The number of benzene rings is 1. The number of aromatic nitrogens is 1. The number of carbonyl (C=O) groups is 1. The lowest BCUT2D eigenvalue weighted by Gasteiger charge is -2.36. The molecular formula is C24H32ClN3O3. The Hall–Kier alpha value is -2.15. The molecule has 1 aliphatic heterocycles. The monoisotopic (exact) mass is 445 g/mol. The minimum Gasteiger partial charge on any atom is -0.489 e. The molecule has 1 amide bonds. The third-order valence-electron chi connectivity index (χ3n) is 5.66. The molecule has 0 saturated carbocycles. The first-order valence-electron chi connectivity index (χ1n) is 10.8. The molecular weight excluding hydrogens is 414 g/mol. The summed E-state index contributed by atoms with van der Waals surface area (Å²) in [4.78, 5) is 19.2. The summed E-state index contributed by atoms with van der Waals surface area (Å²) in [7, 11) is 1.60. The summed E-state index contributed by atoms with van der Waals surface area (Å²) in [6.07, 6.45) is 4.90. The number of piperidine rings is 1. The molecule has 0 aliphatic carbocycles. The number of nitrogens with zero attached hydrogens (tertiary/aromatic N) is 2. The lowest BCUT2D eigenvalue weighted by molar-refractivity contribution is 0.0796. The van der Waals surface area contributed by atoms with E-state index in [4.69, 9.17) is 21.1 Å². The van der Waals surface area contributed by atoms with Gasteiger partial charge in [0.05, 0.1) is 11.6 Å². The van der Waals surface area contributed by atoms with Crippen LogP contribution in [-0.4, -0.2) is 61.3 Å². The third kappa shape index (κ3) is 6.92. The van der Waals surface area contributed by atoms with Crippen molar-refractivity contribution in [2.45, 2.75) is 45.3 Å². The van der Waals surface area contributed by atoms with Crippen LogP contribution in [0.15, 0.2) is 36.5 Å². The summed E-state index contributed by atoms with van der Waals surface area (Å²) in [5.41, 5.74) is 2.84. The van der Waals surface area contributed by atoms with E-state index < -0.39 is 0 Å². The molecule has 1 fully saturated rings. The van der Waals surface area contributed by atoms with E-state index in [9.17, 15) is 4.79 Å². The van der Waals surface area contributed by atoms with E-state index in [2.05, 4.69) is 41.2 Å². The minimum atomic E-state index is -0.170. The number of amides is 1. The average molecular weight is 446 g/mol. The normalized spacial score (nSPS) is 16.1. The van der Waals surface area contributed by atoms with Gasteiger partial charge in [-0.2, -0.15) is 0 Å². The SMILES string of the molecule is COCCNC(=O)c1ccc(OC2CCN(C(C)Cc3ccc(C)cn3)CC2)c(Cl)c1. The Kier molecular flexibility index (Phi) is 8.69. The van der Waals surface area contributed by atoms with Crippen LogP contribution in [0.5, 0.6) is 5.75 Å². The van der Waals surface area contributed by atoms with Crippen molar-refractivity contribution >= 4 is 17.5 Å². The number of halogens is 1. The number of hydrogen-bond acceptors (Lipinski definition) is 5. The highest BCUT2D eigenvalue weighted by Gasteiger charge is 2.25. The van der Waals surface area contributed by atoms with Crippen LogP contribution < -0.4 is 10.1 Å². The fourth-order valence-electron chi connectivity index (χ4n) is 3.77. The Morgan fingerprint density at radius 3 is 2.71 bits per heavy atom. The van der Waals surface area contributed by atoms with Crippen molar-refractivity contribution in [2.24, 2.45) is 0 Å². The highest BCUT2D eigenvalue weighted by atomic mass is 35.5. The maximum atomic E-state index is 12.1. The molecule has 3 rings (SSSR count). The topological polar surface area (TPSA) is 63.7 Å². The first-order valence-corrected chi connectivity index (χ1v) is 11.2. The number of methoxy groups -OCH3 is 1. The smallest absolute Gasteiger partial charge is 0.251 e. The van der Waals surface area contributed by atoms with Gasteiger partial charge in [-0.1, -0.05) is 17.7 Å². The molecule has 0 radical (unpaired) electrons. The minimum absolute atomic E-state index is 0.125. The molecule has 1 unspecified atom stereocenters. The van der Waals surface area contributed by atoms with Crippen molar-refractivity contribution in [3.63, 3.8) is 0 Å². The van der Waals surface area contributed by atoms with Crippen molar-refractivity contribution in [3.8, 4) is 5.75 Å². The average Bonchev–Trinajstić information content (AvgIpc) is 2.77. The van der Waals surface area contributed by atoms with E-state index in [1.54, 1.807) is 25.3 Å². The van der Waals surface area contributed by atoms with Crippen LogP contribution >= 0.6 is 11.6 Å². The maximum absolute atomic E-state index is 12.1. The number of nitrogens with one attached hydrogen (secondary N) is 1. The van der Waals surface area contributed by atoms with Gasteiger partial charge in [0, 0.05) is 56.7 Å². The Labute approximate surface area is 189 Å². The molecule has 1 saturated heterocycles. The van der Waals surface area contributed by atoms with Gasteiger partial charge in [-0.3, -0.25) is 14.7 Å². The van der Waals surface area contributed by atoms with Crippen molar-refractivity contribution in [2.75, 3.05) is 33.4 Å². The van der Waals surface area contributed by atoms with Crippen LogP contribution in [0.4, 0.5) is 0 Å². The summed E-state index contributed by atoms with van der Waals surface area (Å²) in [6, 6.07) is 9.86. The first-order chi connectivity index (χ1) is 15.0. The predicted molar refractivity (Wildman–Crippen MR) is 123 cm³/mol.